The zero-order valence-corrected chi connectivity index (χ0v) is 35.2. The smallest absolute Gasteiger partial charge is 0.264 e. The summed E-state index contributed by atoms with van der Waals surface area (Å²) in [5.41, 5.74) is 6.36. The Kier molecular flexibility index (Phi) is 14.2. The van der Waals surface area contributed by atoms with Gasteiger partial charge in [-0.25, -0.2) is 0 Å². The molecule has 0 unspecified atom stereocenters. The molecule has 2 fully saturated rings. The van der Waals surface area contributed by atoms with Gasteiger partial charge in [-0.3, -0.25) is 9.35 Å². The maximum atomic E-state index is 13.7. The van der Waals surface area contributed by atoms with Gasteiger partial charge in [-0.05, 0) is 117 Å². The third-order valence-corrected chi connectivity index (χ3v) is 12.8. The van der Waals surface area contributed by atoms with Crippen LogP contribution in [0.4, 0.5) is 17.1 Å². The molecule has 0 saturated heterocycles. The van der Waals surface area contributed by atoms with E-state index in [1.165, 1.54) is 51.4 Å². The van der Waals surface area contributed by atoms with Crippen LogP contribution in [0.5, 0.6) is 11.5 Å². The fourth-order valence-corrected chi connectivity index (χ4v) is 9.43. The van der Waals surface area contributed by atoms with Gasteiger partial charge in [0.15, 0.2) is 6.04 Å². The number of ether oxygens (including phenoxy) is 2. The third kappa shape index (κ3) is 10.6. The summed E-state index contributed by atoms with van der Waals surface area (Å²) in [5, 5.41) is 11.4. The van der Waals surface area contributed by atoms with Crippen LogP contribution in [0, 0.1) is 0 Å². The number of aliphatic hydroxyl groups excluding tert-OH is 1. The molecule has 10 heteroatoms. The van der Waals surface area contributed by atoms with Gasteiger partial charge in [-0.1, -0.05) is 57.6 Å². The van der Waals surface area contributed by atoms with Crippen LogP contribution in [-0.4, -0.2) is 65.2 Å². The first-order chi connectivity index (χ1) is 28.7. The standard InChI is InChI=1S/C49H58N2O7S/c1-2-3-10-33-57-44-29-25-42(26-30-44)50(38-13-6-4-7-14-38)40-21-17-36(18-22-40)46-48(52)47(49(46)53)37-19-23-41(24-20-37)51(39-15-8-5-9-16-39)43-27-31-45(32-28-43)58-34-11-12-35-59(54,55)56/h17-32,38-39H,2-16,33-35H2,1H3,(H-,52,53,54,55,56)/p+1. The van der Waals surface area contributed by atoms with E-state index in [1.54, 1.807) is 0 Å². The maximum absolute atomic E-state index is 13.7. The maximum Gasteiger partial charge on any atom is 0.264 e. The van der Waals surface area contributed by atoms with E-state index in [1.807, 2.05) is 60.7 Å². The average molecular weight is 820 g/mol. The van der Waals surface area contributed by atoms with Crippen molar-refractivity contribution in [3.63, 3.8) is 0 Å². The van der Waals surface area contributed by atoms with Gasteiger partial charge in [0, 0.05) is 54.5 Å². The van der Waals surface area contributed by atoms with E-state index in [4.69, 9.17) is 14.0 Å². The molecule has 0 aliphatic heterocycles. The first kappa shape index (κ1) is 42.2. The summed E-state index contributed by atoms with van der Waals surface area (Å²) in [6, 6.07) is 25.2. The Hall–Kier alpha value is -4.93. The van der Waals surface area contributed by atoms with Crippen LogP contribution in [0.15, 0.2) is 114 Å². The first-order valence-corrected chi connectivity index (χ1v) is 23.4. The van der Waals surface area contributed by atoms with Crippen LogP contribution in [0.3, 0.4) is 0 Å². The molecule has 0 aromatic heterocycles. The van der Waals surface area contributed by atoms with E-state index in [2.05, 4.69) is 52.8 Å². The molecular weight excluding hydrogens is 761 g/mol. The van der Waals surface area contributed by atoms with Gasteiger partial charge >= 0.3 is 0 Å². The highest BCUT2D eigenvalue weighted by atomic mass is 32.2. The van der Waals surface area contributed by atoms with E-state index in [9.17, 15) is 18.3 Å². The second-order valence-corrected chi connectivity index (χ2v) is 17.8. The highest BCUT2D eigenvalue weighted by molar-refractivity contribution is 7.85. The summed E-state index contributed by atoms with van der Waals surface area (Å²) in [6.45, 7) is 3.29. The van der Waals surface area contributed by atoms with Gasteiger partial charge < -0.3 is 19.5 Å². The fourth-order valence-electron chi connectivity index (χ4n) is 8.86. The number of ketones is 1. The molecule has 59 heavy (non-hydrogen) atoms. The zero-order valence-electron chi connectivity index (χ0n) is 34.4. The van der Waals surface area contributed by atoms with E-state index < -0.39 is 10.1 Å². The minimum atomic E-state index is -3.96. The molecule has 3 aromatic carbocycles. The summed E-state index contributed by atoms with van der Waals surface area (Å²) in [5.74, 6) is 1.20. The van der Waals surface area contributed by atoms with Crippen molar-refractivity contribution in [3.8, 4) is 11.5 Å². The number of aliphatic hydroxyl groups is 1. The molecular formula is C49H59N2O7S+. The number of carbonyl (C=O) groups is 1. The second kappa shape index (κ2) is 19.9. The Morgan fingerprint density at radius 2 is 1.22 bits per heavy atom. The first-order valence-electron chi connectivity index (χ1n) is 21.8. The normalized spacial score (nSPS) is 17.7. The van der Waals surface area contributed by atoms with Crippen molar-refractivity contribution in [2.45, 2.75) is 115 Å². The van der Waals surface area contributed by atoms with Crippen LogP contribution >= 0.6 is 0 Å². The van der Waals surface area contributed by atoms with Gasteiger partial charge in [0.25, 0.3) is 10.1 Å². The predicted molar refractivity (Wildman–Crippen MR) is 236 cm³/mol. The quantitative estimate of drug-likeness (QED) is 0.0598. The summed E-state index contributed by atoms with van der Waals surface area (Å²) in [7, 11) is -3.96. The SMILES string of the molecule is CCCCCOc1ccc(N(c2ccc(C3=C(O)C(=C4C=CC(=[N+](c5ccc(OCCCCS(=O)(=O)O)cc5)C5CCCCC5)C=C4)C3=O)cc2)C2CCCCC2)cc1. The lowest BCUT2D eigenvalue weighted by atomic mass is 9.80. The molecule has 0 bridgehead atoms. The highest BCUT2D eigenvalue weighted by Gasteiger charge is 2.37. The van der Waals surface area contributed by atoms with Crippen LogP contribution < -0.4 is 14.4 Å². The fraction of sp³-hybridized carbons (Fsp3) is 0.429. The number of hydrogen-bond donors (Lipinski definition) is 2. The molecule has 3 aromatic rings. The Bertz CT molecular complexity index is 2170. The van der Waals surface area contributed by atoms with Gasteiger partial charge in [-0.15, -0.1) is 0 Å². The molecule has 9 nitrogen and oxygen atoms in total. The molecule has 4 aliphatic rings. The monoisotopic (exact) mass is 819 g/mol. The Labute approximate surface area is 350 Å². The minimum absolute atomic E-state index is 0.0341. The Morgan fingerprint density at radius 3 is 1.78 bits per heavy atom. The molecule has 0 radical (unpaired) electrons. The number of rotatable bonds is 17. The Morgan fingerprint density at radius 1 is 0.678 bits per heavy atom. The third-order valence-electron chi connectivity index (χ3n) is 12.0. The van der Waals surface area contributed by atoms with E-state index >= 15 is 0 Å². The lowest BCUT2D eigenvalue weighted by Crippen LogP contribution is -2.33. The molecule has 7 rings (SSSR count). The van der Waals surface area contributed by atoms with Gasteiger partial charge in [0.05, 0.1) is 30.1 Å². The van der Waals surface area contributed by atoms with Gasteiger partial charge in [0.1, 0.15) is 17.3 Å². The van der Waals surface area contributed by atoms with Crippen LogP contribution in [-0.2, 0) is 14.9 Å². The molecule has 2 N–H and O–H groups in total. The van der Waals surface area contributed by atoms with Gasteiger partial charge in [0.2, 0.25) is 17.2 Å². The molecule has 0 spiro atoms. The minimum Gasteiger partial charge on any atom is -0.506 e. The van der Waals surface area contributed by atoms with E-state index in [0.29, 0.717) is 59.6 Å². The van der Waals surface area contributed by atoms with Crippen LogP contribution in [0.1, 0.15) is 109 Å². The lowest BCUT2D eigenvalue weighted by Gasteiger charge is -2.36. The van der Waals surface area contributed by atoms with Crippen molar-refractivity contribution in [2.75, 3.05) is 23.9 Å². The molecule has 0 atom stereocenters. The number of nitrogens with zero attached hydrogens (tertiary/aromatic N) is 2. The number of benzene rings is 3. The van der Waals surface area contributed by atoms with Crippen LogP contribution in [0.25, 0.3) is 5.57 Å². The average Bonchev–Trinajstić information content (AvgIpc) is 3.25. The topological polar surface area (TPSA) is 116 Å². The van der Waals surface area contributed by atoms with Crippen LogP contribution in [0.2, 0.25) is 0 Å². The predicted octanol–water partition coefficient (Wildman–Crippen LogP) is 11.2. The number of allylic oxidation sites excluding steroid dienone is 7. The molecule has 312 valence electrons. The summed E-state index contributed by atoms with van der Waals surface area (Å²) in [6.07, 6.45) is 23.8. The Balaban J connectivity index is 1.07. The molecule has 2 saturated carbocycles. The summed E-state index contributed by atoms with van der Waals surface area (Å²) >= 11 is 0. The van der Waals surface area contributed by atoms with Crippen molar-refractivity contribution in [1.29, 1.82) is 0 Å². The van der Waals surface area contributed by atoms with Crippen molar-refractivity contribution < 1.29 is 36.9 Å². The number of anilines is 2. The number of hydrogen-bond acceptors (Lipinski definition) is 7. The van der Waals surface area contributed by atoms with Crippen molar-refractivity contribution >= 4 is 44.2 Å². The van der Waals surface area contributed by atoms with Crippen molar-refractivity contribution in [3.05, 3.63) is 120 Å². The van der Waals surface area contributed by atoms with Crippen molar-refractivity contribution in [2.24, 2.45) is 0 Å². The largest absolute Gasteiger partial charge is 0.506 e. The summed E-state index contributed by atoms with van der Waals surface area (Å²) < 4.78 is 45.1. The molecule has 4 aliphatic carbocycles. The van der Waals surface area contributed by atoms with Crippen molar-refractivity contribution in [1.82, 2.24) is 0 Å². The van der Waals surface area contributed by atoms with Gasteiger partial charge in [-0.2, -0.15) is 13.0 Å². The number of carbonyl (C=O) groups excluding carboxylic acids is 1. The molecule has 0 amide bonds. The van der Waals surface area contributed by atoms with E-state index in [-0.39, 0.29) is 17.3 Å². The highest BCUT2D eigenvalue weighted by Crippen LogP contribution is 2.41. The summed E-state index contributed by atoms with van der Waals surface area (Å²) in [4.78, 5) is 16.2. The molecule has 0 heterocycles. The lowest BCUT2D eigenvalue weighted by molar-refractivity contribution is -0.488. The second-order valence-electron chi connectivity index (χ2n) is 16.2. The number of Topliss-reactive ketones (excluding diaryl/α,β-unsaturated/α-hetero) is 1. The van der Waals surface area contributed by atoms with E-state index in [0.717, 1.165) is 67.2 Å². The zero-order chi connectivity index (χ0) is 41.2. The number of unbranched alkanes of at least 4 members (excludes halogenated alkanes) is 3.